The highest BCUT2D eigenvalue weighted by Crippen LogP contribution is 2.39. The summed E-state index contributed by atoms with van der Waals surface area (Å²) in [5.74, 6) is 1.69. The first-order valence-electron chi connectivity index (χ1n) is 9.39. The standard InChI is InChI=1S/C23H24N2O2/c1-3-22-24-13-12-20(25-22)14-27-21-10-8-19(9-11-21)23(15-26-16-23)18-6-4-17(2)5-7-18/h4-13H,3,14-16H2,1-2H3. The average Bonchev–Trinajstić information content (AvgIpc) is 2.68. The monoisotopic (exact) mass is 360 g/mol. The summed E-state index contributed by atoms with van der Waals surface area (Å²) < 4.78 is 11.5. The molecule has 1 aliphatic rings. The van der Waals surface area contributed by atoms with Crippen molar-refractivity contribution < 1.29 is 9.47 Å². The Morgan fingerprint density at radius 3 is 2.22 bits per heavy atom. The first-order chi connectivity index (χ1) is 13.2. The highest BCUT2D eigenvalue weighted by Gasteiger charge is 2.41. The number of rotatable bonds is 6. The van der Waals surface area contributed by atoms with E-state index in [0.717, 1.165) is 36.9 Å². The molecule has 2 aromatic carbocycles. The number of aromatic nitrogens is 2. The van der Waals surface area contributed by atoms with E-state index in [4.69, 9.17) is 9.47 Å². The summed E-state index contributed by atoms with van der Waals surface area (Å²) in [5.41, 5.74) is 4.69. The van der Waals surface area contributed by atoms with Crippen LogP contribution in [0.2, 0.25) is 0 Å². The van der Waals surface area contributed by atoms with Crippen LogP contribution in [0.3, 0.4) is 0 Å². The lowest BCUT2D eigenvalue weighted by molar-refractivity contribution is -0.0380. The molecule has 0 amide bonds. The molecule has 4 nitrogen and oxygen atoms in total. The maximum atomic E-state index is 5.91. The first-order valence-corrected chi connectivity index (χ1v) is 9.39. The zero-order chi connectivity index (χ0) is 18.7. The summed E-state index contributed by atoms with van der Waals surface area (Å²) in [7, 11) is 0. The van der Waals surface area contributed by atoms with Crippen molar-refractivity contribution >= 4 is 0 Å². The van der Waals surface area contributed by atoms with E-state index in [1.807, 2.05) is 25.1 Å². The lowest BCUT2D eigenvalue weighted by atomic mass is 9.73. The van der Waals surface area contributed by atoms with E-state index < -0.39 is 0 Å². The van der Waals surface area contributed by atoms with Crippen molar-refractivity contribution in [3.8, 4) is 5.75 Å². The third-order valence-electron chi connectivity index (χ3n) is 5.17. The molecule has 0 spiro atoms. The van der Waals surface area contributed by atoms with Crippen molar-refractivity contribution in [1.82, 2.24) is 9.97 Å². The third-order valence-corrected chi connectivity index (χ3v) is 5.17. The molecule has 138 valence electrons. The Bertz CT molecular complexity index is 900. The van der Waals surface area contributed by atoms with Gasteiger partial charge < -0.3 is 9.47 Å². The molecule has 3 aromatic rings. The van der Waals surface area contributed by atoms with E-state index in [9.17, 15) is 0 Å². The smallest absolute Gasteiger partial charge is 0.130 e. The molecule has 1 aromatic heterocycles. The summed E-state index contributed by atoms with van der Waals surface area (Å²) in [6.07, 6.45) is 2.61. The van der Waals surface area contributed by atoms with Gasteiger partial charge in [0.1, 0.15) is 18.2 Å². The molecule has 0 N–H and O–H groups in total. The Hall–Kier alpha value is -2.72. The maximum absolute atomic E-state index is 5.91. The fraction of sp³-hybridized carbons (Fsp3) is 0.304. The molecule has 2 heterocycles. The van der Waals surface area contributed by atoms with Crippen LogP contribution >= 0.6 is 0 Å². The number of benzene rings is 2. The van der Waals surface area contributed by atoms with E-state index in [1.165, 1.54) is 16.7 Å². The fourth-order valence-electron chi connectivity index (χ4n) is 3.40. The van der Waals surface area contributed by atoms with Gasteiger partial charge in [-0.05, 0) is 36.2 Å². The maximum Gasteiger partial charge on any atom is 0.130 e. The van der Waals surface area contributed by atoms with Gasteiger partial charge in [-0.15, -0.1) is 0 Å². The van der Waals surface area contributed by atoms with Gasteiger partial charge in [0.15, 0.2) is 0 Å². The summed E-state index contributed by atoms with van der Waals surface area (Å²) in [6, 6.07) is 19.0. The molecule has 4 rings (SSSR count). The number of nitrogens with zero attached hydrogens (tertiary/aromatic N) is 2. The van der Waals surface area contributed by atoms with Crippen molar-refractivity contribution in [3.63, 3.8) is 0 Å². The second-order valence-corrected chi connectivity index (χ2v) is 7.07. The van der Waals surface area contributed by atoms with Crippen molar-refractivity contribution in [3.05, 3.63) is 89.0 Å². The molecule has 1 saturated heterocycles. The van der Waals surface area contributed by atoms with Crippen molar-refractivity contribution in [1.29, 1.82) is 0 Å². The highest BCUT2D eigenvalue weighted by atomic mass is 16.5. The van der Waals surface area contributed by atoms with E-state index in [-0.39, 0.29) is 5.41 Å². The van der Waals surface area contributed by atoms with E-state index in [1.54, 1.807) is 6.20 Å². The second-order valence-electron chi connectivity index (χ2n) is 7.07. The SMILES string of the molecule is CCc1nccc(COc2ccc(C3(c4ccc(C)cc4)COC3)cc2)n1. The summed E-state index contributed by atoms with van der Waals surface area (Å²) in [4.78, 5) is 8.70. The van der Waals surface area contributed by atoms with Crippen LogP contribution in [0.5, 0.6) is 5.75 Å². The minimum Gasteiger partial charge on any atom is -0.487 e. The van der Waals surface area contributed by atoms with Gasteiger partial charge in [-0.1, -0.05) is 48.9 Å². The van der Waals surface area contributed by atoms with Gasteiger partial charge in [-0.25, -0.2) is 9.97 Å². The lowest BCUT2D eigenvalue weighted by Gasteiger charge is -2.42. The molecule has 0 bridgehead atoms. The summed E-state index contributed by atoms with van der Waals surface area (Å²) in [5, 5.41) is 0. The van der Waals surface area contributed by atoms with Crippen LogP contribution in [0.15, 0.2) is 60.8 Å². The Kier molecular flexibility index (Phi) is 4.90. The molecule has 1 fully saturated rings. The minimum atomic E-state index is -0.0467. The molecule has 0 aliphatic carbocycles. The predicted octanol–water partition coefficient (Wildman–Crippen LogP) is 4.24. The van der Waals surface area contributed by atoms with Crippen LogP contribution in [0.25, 0.3) is 0 Å². The van der Waals surface area contributed by atoms with Crippen LogP contribution in [-0.4, -0.2) is 23.2 Å². The van der Waals surface area contributed by atoms with Gasteiger partial charge in [-0.3, -0.25) is 0 Å². The van der Waals surface area contributed by atoms with Crippen LogP contribution in [0.1, 0.15) is 35.1 Å². The molecule has 0 radical (unpaired) electrons. The van der Waals surface area contributed by atoms with Gasteiger partial charge >= 0.3 is 0 Å². The van der Waals surface area contributed by atoms with Crippen LogP contribution in [0.4, 0.5) is 0 Å². The van der Waals surface area contributed by atoms with E-state index in [2.05, 4.69) is 53.3 Å². The van der Waals surface area contributed by atoms with Gasteiger partial charge in [0.05, 0.1) is 24.3 Å². The van der Waals surface area contributed by atoms with E-state index in [0.29, 0.717) is 6.61 Å². The molecule has 0 atom stereocenters. The number of aryl methyl sites for hydroxylation is 2. The van der Waals surface area contributed by atoms with E-state index >= 15 is 0 Å². The second kappa shape index (κ2) is 7.49. The zero-order valence-corrected chi connectivity index (χ0v) is 15.8. The average molecular weight is 360 g/mol. The Labute approximate surface area is 160 Å². The molecule has 0 saturated carbocycles. The molecular weight excluding hydrogens is 336 g/mol. The largest absolute Gasteiger partial charge is 0.487 e. The third kappa shape index (κ3) is 3.58. The van der Waals surface area contributed by atoms with Gasteiger partial charge in [0, 0.05) is 12.6 Å². The predicted molar refractivity (Wildman–Crippen MR) is 105 cm³/mol. The number of hydrogen-bond donors (Lipinski definition) is 0. The number of hydrogen-bond acceptors (Lipinski definition) is 4. The van der Waals surface area contributed by atoms with Crippen molar-refractivity contribution in [2.45, 2.75) is 32.3 Å². The van der Waals surface area contributed by atoms with Gasteiger partial charge in [0.2, 0.25) is 0 Å². The van der Waals surface area contributed by atoms with Crippen LogP contribution in [-0.2, 0) is 23.2 Å². The van der Waals surface area contributed by atoms with Crippen molar-refractivity contribution in [2.75, 3.05) is 13.2 Å². The first kappa shape index (κ1) is 17.7. The minimum absolute atomic E-state index is 0.0467. The fourth-order valence-corrected chi connectivity index (χ4v) is 3.40. The molecular formula is C23H24N2O2. The zero-order valence-electron chi connectivity index (χ0n) is 15.8. The topological polar surface area (TPSA) is 44.2 Å². The van der Waals surface area contributed by atoms with Crippen molar-refractivity contribution in [2.24, 2.45) is 0 Å². The van der Waals surface area contributed by atoms with Gasteiger partial charge in [-0.2, -0.15) is 0 Å². The summed E-state index contributed by atoms with van der Waals surface area (Å²) >= 11 is 0. The highest BCUT2D eigenvalue weighted by molar-refractivity contribution is 5.44. The molecule has 1 aliphatic heterocycles. The quantitative estimate of drug-likeness (QED) is 0.659. The molecule has 4 heteroatoms. The molecule has 0 unspecified atom stereocenters. The Balaban J connectivity index is 1.49. The summed E-state index contributed by atoms with van der Waals surface area (Å²) in [6.45, 7) is 6.04. The Morgan fingerprint density at radius 2 is 1.63 bits per heavy atom. The normalized spacial score (nSPS) is 15.2. The van der Waals surface area contributed by atoms with Crippen LogP contribution in [0, 0.1) is 6.92 Å². The Morgan fingerprint density at radius 1 is 0.963 bits per heavy atom. The van der Waals surface area contributed by atoms with Gasteiger partial charge in [0.25, 0.3) is 0 Å². The number of ether oxygens (including phenoxy) is 2. The molecule has 27 heavy (non-hydrogen) atoms. The lowest BCUT2D eigenvalue weighted by Crippen LogP contribution is -2.47. The van der Waals surface area contributed by atoms with Crippen LogP contribution < -0.4 is 4.74 Å².